The van der Waals surface area contributed by atoms with Gasteiger partial charge in [0.15, 0.2) is 5.78 Å². The number of halogens is 1. The third-order valence-corrected chi connectivity index (χ3v) is 5.68. The lowest BCUT2D eigenvalue weighted by Gasteiger charge is -2.32. The summed E-state index contributed by atoms with van der Waals surface area (Å²) < 4.78 is 4.92. The van der Waals surface area contributed by atoms with Gasteiger partial charge in [0, 0.05) is 16.3 Å². The van der Waals surface area contributed by atoms with Crippen molar-refractivity contribution in [3.63, 3.8) is 0 Å². The van der Waals surface area contributed by atoms with Crippen molar-refractivity contribution in [2.24, 2.45) is 11.8 Å². The van der Waals surface area contributed by atoms with E-state index >= 15 is 0 Å². The number of nitrogens with one attached hydrogen (secondary N) is 2. The normalized spacial score (nSPS) is 23.7. The maximum Gasteiger partial charge on any atom is 0.316 e. The van der Waals surface area contributed by atoms with E-state index < -0.39 is 17.9 Å². The standard InChI is InChI=1S/C22H21ClN2O3/c1-12-11-17-19(21(26)18(12)22(27)28-2)20(13-7-9-14(23)10-8-13)25-16-6-4-3-5-15(16)24-17/h3-10,12,18,20,24-25H,11H2,1-2H3. The van der Waals surface area contributed by atoms with E-state index in [1.54, 1.807) is 12.1 Å². The molecule has 0 amide bonds. The molecule has 1 aliphatic heterocycles. The molecule has 6 heteroatoms. The molecule has 2 aromatic rings. The first-order valence-corrected chi connectivity index (χ1v) is 9.60. The van der Waals surface area contributed by atoms with E-state index in [4.69, 9.17) is 16.3 Å². The summed E-state index contributed by atoms with van der Waals surface area (Å²) >= 11 is 6.06. The molecule has 3 unspecified atom stereocenters. The summed E-state index contributed by atoms with van der Waals surface area (Å²) in [6.45, 7) is 1.91. The van der Waals surface area contributed by atoms with E-state index in [1.165, 1.54) is 7.11 Å². The SMILES string of the molecule is COC(=O)C1C(=O)C2=C(CC1C)Nc1ccccc1NC2c1ccc(Cl)cc1. The fraction of sp³-hybridized carbons (Fsp3) is 0.273. The highest BCUT2D eigenvalue weighted by atomic mass is 35.5. The summed E-state index contributed by atoms with van der Waals surface area (Å²) in [6, 6.07) is 14.8. The molecule has 1 heterocycles. The number of fused-ring (bicyclic) bond motifs is 1. The van der Waals surface area contributed by atoms with Gasteiger partial charge in [0.1, 0.15) is 5.92 Å². The van der Waals surface area contributed by atoms with Gasteiger partial charge < -0.3 is 15.4 Å². The number of anilines is 2. The Morgan fingerprint density at radius 2 is 1.79 bits per heavy atom. The van der Waals surface area contributed by atoms with Crippen LogP contribution in [0.4, 0.5) is 11.4 Å². The van der Waals surface area contributed by atoms with Crippen LogP contribution in [-0.2, 0) is 14.3 Å². The number of carbonyl (C=O) groups excluding carboxylic acids is 2. The number of rotatable bonds is 2. The van der Waals surface area contributed by atoms with Gasteiger partial charge in [-0.25, -0.2) is 0 Å². The molecule has 3 atom stereocenters. The number of Topliss-reactive ketones (excluding diaryl/α,β-unsaturated/α-hetero) is 1. The second-order valence-electron chi connectivity index (χ2n) is 7.24. The summed E-state index contributed by atoms with van der Waals surface area (Å²) in [5.74, 6) is -1.64. The number of para-hydroxylation sites is 2. The van der Waals surface area contributed by atoms with Crippen molar-refractivity contribution in [1.29, 1.82) is 0 Å². The fourth-order valence-corrected chi connectivity index (χ4v) is 4.17. The number of hydrogen-bond acceptors (Lipinski definition) is 5. The highest BCUT2D eigenvalue weighted by Gasteiger charge is 2.44. The summed E-state index contributed by atoms with van der Waals surface area (Å²) in [5.41, 5.74) is 4.12. The average Bonchev–Trinajstić information content (AvgIpc) is 2.85. The number of hydrogen-bond donors (Lipinski definition) is 2. The molecule has 0 radical (unpaired) electrons. The largest absolute Gasteiger partial charge is 0.468 e. The van der Waals surface area contributed by atoms with Gasteiger partial charge in [-0.15, -0.1) is 0 Å². The van der Waals surface area contributed by atoms with Gasteiger partial charge in [-0.2, -0.15) is 0 Å². The van der Waals surface area contributed by atoms with Crippen molar-refractivity contribution >= 4 is 34.7 Å². The third-order valence-electron chi connectivity index (χ3n) is 5.43. The van der Waals surface area contributed by atoms with Crippen LogP contribution < -0.4 is 10.6 Å². The molecule has 2 N–H and O–H groups in total. The van der Waals surface area contributed by atoms with Crippen LogP contribution in [0, 0.1) is 11.8 Å². The van der Waals surface area contributed by atoms with E-state index in [2.05, 4.69) is 10.6 Å². The van der Waals surface area contributed by atoms with Gasteiger partial charge >= 0.3 is 5.97 Å². The van der Waals surface area contributed by atoms with Crippen molar-refractivity contribution < 1.29 is 14.3 Å². The van der Waals surface area contributed by atoms with E-state index in [1.807, 2.05) is 43.3 Å². The van der Waals surface area contributed by atoms with Crippen LogP contribution in [0.2, 0.25) is 5.02 Å². The molecule has 5 nitrogen and oxygen atoms in total. The molecule has 0 saturated heterocycles. The zero-order valence-electron chi connectivity index (χ0n) is 15.7. The molecule has 1 aliphatic carbocycles. The fourth-order valence-electron chi connectivity index (χ4n) is 4.04. The summed E-state index contributed by atoms with van der Waals surface area (Å²) in [5, 5.41) is 7.54. The Balaban J connectivity index is 1.87. The van der Waals surface area contributed by atoms with E-state index in [0.717, 1.165) is 22.6 Å². The van der Waals surface area contributed by atoms with Crippen LogP contribution in [0.5, 0.6) is 0 Å². The first-order chi connectivity index (χ1) is 13.5. The van der Waals surface area contributed by atoms with E-state index in [0.29, 0.717) is 17.0 Å². The lowest BCUT2D eigenvalue weighted by atomic mass is 9.75. The van der Waals surface area contributed by atoms with Crippen LogP contribution in [0.25, 0.3) is 0 Å². The van der Waals surface area contributed by atoms with Crippen molar-refractivity contribution in [2.45, 2.75) is 19.4 Å². The minimum Gasteiger partial charge on any atom is -0.468 e. The molecular weight excluding hydrogens is 376 g/mol. The van der Waals surface area contributed by atoms with Gasteiger partial charge in [0.05, 0.1) is 24.5 Å². The lowest BCUT2D eigenvalue weighted by molar-refractivity contribution is -0.151. The van der Waals surface area contributed by atoms with Crippen molar-refractivity contribution in [1.82, 2.24) is 0 Å². The van der Waals surface area contributed by atoms with E-state index in [-0.39, 0.29) is 11.7 Å². The van der Waals surface area contributed by atoms with Crippen molar-refractivity contribution in [2.75, 3.05) is 17.7 Å². The van der Waals surface area contributed by atoms with Gasteiger partial charge in [0.2, 0.25) is 0 Å². The average molecular weight is 397 g/mol. The monoisotopic (exact) mass is 396 g/mol. The number of ketones is 1. The molecule has 0 saturated carbocycles. The maximum atomic E-state index is 13.5. The van der Waals surface area contributed by atoms with Gasteiger partial charge in [0.25, 0.3) is 0 Å². The van der Waals surface area contributed by atoms with Crippen LogP contribution >= 0.6 is 11.6 Å². The molecule has 0 bridgehead atoms. The summed E-state index contributed by atoms with van der Waals surface area (Å²) in [4.78, 5) is 25.8. The summed E-state index contributed by atoms with van der Waals surface area (Å²) in [6.07, 6.45) is 0.584. The molecule has 0 aromatic heterocycles. The molecule has 0 spiro atoms. The first kappa shape index (κ1) is 18.6. The molecule has 0 fully saturated rings. The van der Waals surface area contributed by atoms with Crippen molar-refractivity contribution in [3.8, 4) is 0 Å². The molecule has 2 aromatic carbocycles. The van der Waals surface area contributed by atoms with Crippen LogP contribution in [0.1, 0.15) is 24.9 Å². The zero-order chi connectivity index (χ0) is 19.8. The topological polar surface area (TPSA) is 67.4 Å². The smallest absolute Gasteiger partial charge is 0.316 e. The number of methoxy groups -OCH3 is 1. The van der Waals surface area contributed by atoms with Crippen LogP contribution in [0.3, 0.4) is 0 Å². The number of benzene rings is 2. The zero-order valence-corrected chi connectivity index (χ0v) is 16.4. The van der Waals surface area contributed by atoms with E-state index in [9.17, 15) is 9.59 Å². The molecule has 4 rings (SSSR count). The van der Waals surface area contributed by atoms with Gasteiger partial charge in [-0.3, -0.25) is 9.59 Å². The molecule has 2 aliphatic rings. The molecular formula is C22H21ClN2O3. The number of esters is 1. The molecule has 144 valence electrons. The second-order valence-corrected chi connectivity index (χ2v) is 7.67. The Labute approximate surface area is 168 Å². The van der Waals surface area contributed by atoms with Gasteiger partial charge in [-0.05, 0) is 42.2 Å². The first-order valence-electron chi connectivity index (χ1n) is 9.22. The van der Waals surface area contributed by atoms with Crippen LogP contribution in [0.15, 0.2) is 59.8 Å². The van der Waals surface area contributed by atoms with Crippen LogP contribution in [-0.4, -0.2) is 18.9 Å². The summed E-state index contributed by atoms with van der Waals surface area (Å²) in [7, 11) is 1.32. The minimum atomic E-state index is -0.802. The third kappa shape index (κ3) is 3.16. The minimum absolute atomic E-state index is 0.151. The Morgan fingerprint density at radius 1 is 1.11 bits per heavy atom. The predicted molar refractivity (Wildman–Crippen MR) is 109 cm³/mol. The predicted octanol–water partition coefficient (Wildman–Crippen LogP) is 4.57. The van der Waals surface area contributed by atoms with Gasteiger partial charge in [-0.1, -0.05) is 42.8 Å². The molecule has 28 heavy (non-hydrogen) atoms. The second kappa shape index (κ2) is 7.32. The Morgan fingerprint density at radius 3 is 2.46 bits per heavy atom. The number of allylic oxidation sites excluding steroid dienone is 1. The maximum absolute atomic E-state index is 13.5. The highest BCUT2D eigenvalue weighted by Crippen LogP contribution is 2.43. The Bertz CT molecular complexity index is 968. The Kier molecular flexibility index (Phi) is 4.85. The highest BCUT2D eigenvalue weighted by molar-refractivity contribution is 6.30. The van der Waals surface area contributed by atoms with Crippen molar-refractivity contribution in [3.05, 3.63) is 70.4 Å². The Hall–Kier alpha value is -2.79. The number of carbonyl (C=O) groups is 2. The number of ether oxygens (including phenoxy) is 1. The lowest BCUT2D eigenvalue weighted by Crippen LogP contribution is -2.39. The quantitative estimate of drug-likeness (QED) is 0.575.